The van der Waals surface area contributed by atoms with Crippen LogP contribution in [0.5, 0.6) is 5.75 Å². The molecule has 0 spiro atoms. The van der Waals surface area contributed by atoms with Gasteiger partial charge in [0.1, 0.15) is 11.6 Å². The minimum absolute atomic E-state index is 0.238. The highest BCUT2D eigenvalue weighted by atomic mass is 19.1. The van der Waals surface area contributed by atoms with Gasteiger partial charge in [-0.2, -0.15) is 0 Å². The number of carbonyl (C=O) groups excluding carboxylic acids is 1. The number of nitrogens with one attached hydrogen (secondary N) is 1. The zero-order valence-electron chi connectivity index (χ0n) is 13.0. The maximum absolute atomic E-state index is 12.8. The standard InChI is InChI=1S/C18H20FNO3/c1-14(23-17-9-7-16(19)8-10-17)18(21)20-11-12-22-13-15-5-3-2-4-6-15/h2-10,14H,11-13H2,1H3,(H,20,21). The molecule has 1 N–H and O–H groups in total. The summed E-state index contributed by atoms with van der Waals surface area (Å²) in [5.41, 5.74) is 1.09. The SMILES string of the molecule is CC(Oc1ccc(F)cc1)C(=O)NCCOCc1ccccc1. The predicted octanol–water partition coefficient (Wildman–Crippen LogP) is 2.93. The lowest BCUT2D eigenvalue weighted by Crippen LogP contribution is -2.38. The number of benzene rings is 2. The molecule has 0 saturated heterocycles. The Hall–Kier alpha value is -2.40. The third-order valence-corrected chi connectivity index (χ3v) is 3.15. The molecule has 4 nitrogen and oxygen atoms in total. The summed E-state index contributed by atoms with van der Waals surface area (Å²) < 4.78 is 23.7. The number of rotatable bonds is 8. The summed E-state index contributed by atoms with van der Waals surface area (Å²) in [6.45, 7) is 2.98. The Morgan fingerprint density at radius 2 is 1.83 bits per heavy atom. The van der Waals surface area contributed by atoms with E-state index in [-0.39, 0.29) is 11.7 Å². The van der Waals surface area contributed by atoms with E-state index in [0.717, 1.165) is 5.56 Å². The number of hydrogen-bond donors (Lipinski definition) is 1. The van der Waals surface area contributed by atoms with Crippen LogP contribution in [-0.2, 0) is 16.1 Å². The molecule has 122 valence electrons. The minimum Gasteiger partial charge on any atom is -0.481 e. The van der Waals surface area contributed by atoms with E-state index in [1.54, 1.807) is 6.92 Å². The second-order valence-corrected chi connectivity index (χ2v) is 5.04. The second kappa shape index (κ2) is 8.90. The van der Waals surface area contributed by atoms with E-state index in [2.05, 4.69) is 5.32 Å². The molecule has 0 fully saturated rings. The van der Waals surface area contributed by atoms with Crippen molar-refractivity contribution in [2.75, 3.05) is 13.2 Å². The van der Waals surface area contributed by atoms with Crippen molar-refractivity contribution < 1.29 is 18.7 Å². The van der Waals surface area contributed by atoms with Gasteiger partial charge in [0.05, 0.1) is 13.2 Å². The lowest BCUT2D eigenvalue weighted by Gasteiger charge is -2.14. The summed E-state index contributed by atoms with van der Waals surface area (Å²) in [5.74, 6) is -0.128. The van der Waals surface area contributed by atoms with Crippen LogP contribution in [0.2, 0.25) is 0 Å². The van der Waals surface area contributed by atoms with Gasteiger partial charge in [-0.3, -0.25) is 4.79 Å². The van der Waals surface area contributed by atoms with Gasteiger partial charge < -0.3 is 14.8 Å². The molecule has 0 aromatic heterocycles. The molecule has 23 heavy (non-hydrogen) atoms. The highest BCUT2D eigenvalue weighted by Crippen LogP contribution is 2.12. The maximum Gasteiger partial charge on any atom is 0.260 e. The molecule has 1 unspecified atom stereocenters. The molecule has 1 amide bonds. The fourth-order valence-electron chi connectivity index (χ4n) is 1.93. The van der Waals surface area contributed by atoms with Crippen LogP contribution >= 0.6 is 0 Å². The number of amides is 1. The van der Waals surface area contributed by atoms with Gasteiger partial charge in [-0.1, -0.05) is 30.3 Å². The summed E-state index contributed by atoms with van der Waals surface area (Å²) in [7, 11) is 0. The molecule has 2 aromatic carbocycles. The molecule has 0 aliphatic heterocycles. The fourth-order valence-corrected chi connectivity index (χ4v) is 1.93. The third kappa shape index (κ3) is 6.08. The Bertz CT molecular complexity index is 601. The molecule has 0 radical (unpaired) electrons. The normalized spacial score (nSPS) is 11.7. The second-order valence-electron chi connectivity index (χ2n) is 5.04. The van der Waals surface area contributed by atoms with E-state index in [1.807, 2.05) is 30.3 Å². The Morgan fingerprint density at radius 1 is 1.13 bits per heavy atom. The average molecular weight is 317 g/mol. The van der Waals surface area contributed by atoms with Crippen molar-refractivity contribution >= 4 is 5.91 Å². The molecule has 5 heteroatoms. The topological polar surface area (TPSA) is 47.6 Å². The van der Waals surface area contributed by atoms with Crippen LogP contribution < -0.4 is 10.1 Å². The zero-order chi connectivity index (χ0) is 16.5. The molecular formula is C18H20FNO3. The van der Waals surface area contributed by atoms with Crippen LogP contribution in [0.1, 0.15) is 12.5 Å². The van der Waals surface area contributed by atoms with Crippen molar-refractivity contribution in [2.24, 2.45) is 0 Å². The van der Waals surface area contributed by atoms with Crippen molar-refractivity contribution in [3.63, 3.8) is 0 Å². The molecule has 0 bridgehead atoms. The largest absolute Gasteiger partial charge is 0.481 e. The number of carbonyl (C=O) groups is 1. The molecule has 2 aromatic rings. The number of ether oxygens (including phenoxy) is 2. The Morgan fingerprint density at radius 3 is 2.52 bits per heavy atom. The van der Waals surface area contributed by atoms with E-state index in [1.165, 1.54) is 24.3 Å². The molecule has 2 rings (SSSR count). The first-order valence-corrected chi connectivity index (χ1v) is 7.47. The summed E-state index contributed by atoms with van der Waals surface area (Å²) in [5, 5.41) is 2.74. The van der Waals surface area contributed by atoms with Gasteiger partial charge in [0, 0.05) is 6.54 Å². The third-order valence-electron chi connectivity index (χ3n) is 3.15. The summed E-state index contributed by atoms with van der Waals surface area (Å²) in [4.78, 5) is 11.9. The monoisotopic (exact) mass is 317 g/mol. The number of hydrogen-bond acceptors (Lipinski definition) is 3. The highest BCUT2D eigenvalue weighted by molar-refractivity contribution is 5.80. The summed E-state index contributed by atoms with van der Waals surface area (Å²) >= 11 is 0. The summed E-state index contributed by atoms with van der Waals surface area (Å²) in [6, 6.07) is 15.4. The van der Waals surface area contributed by atoms with Gasteiger partial charge in [-0.25, -0.2) is 4.39 Å². The molecular weight excluding hydrogens is 297 g/mol. The van der Waals surface area contributed by atoms with E-state index < -0.39 is 6.10 Å². The Kier molecular flexibility index (Phi) is 6.56. The van der Waals surface area contributed by atoms with Crippen LogP contribution in [-0.4, -0.2) is 25.2 Å². The highest BCUT2D eigenvalue weighted by Gasteiger charge is 2.13. The van der Waals surface area contributed by atoms with Gasteiger partial charge in [0.25, 0.3) is 5.91 Å². The molecule has 1 atom stereocenters. The Labute approximate surface area is 135 Å². The first-order valence-electron chi connectivity index (χ1n) is 7.47. The van der Waals surface area contributed by atoms with Crippen LogP contribution in [0.15, 0.2) is 54.6 Å². The van der Waals surface area contributed by atoms with Crippen molar-refractivity contribution in [1.82, 2.24) is 5.32 Å². The van der Waals surface area contributed by atoms with Gasteiger partial charge >= 0.3 is 0 Å². The van der Waals surface area contributed by atoms with E-state index in [0.29, 0.717) is 25.5 Å². The van der Waals surface area contributed by atoms with Gasteiger partial charge in [0.2, 0.25) is 0 Å². The number of halogens is 1. The molecule has 0 saturated carbocycles. The van der Waals surface area contributed by atoms with E-state index >= 15 is 0 Å². The average Bonchev–Trinajstić information content (AvgIpc) is 2.57. The van der Waals surface area contributed by atoms with Gasteiger partial charge in [-0.05, 0) is 36.8 Å². The van der Waals surface area contributed by atoms with Crippen LogP contribution in [0.3, 0.4) is 0 Å². The fraction of sp³-hybridized carbons (Fsp3) is 0.278. The lowest BCUT2D eigenvalue weighted by molar-refractivity contribution is -0.127. The van der Waals surface area contributed by atoms with E-state index in [9.17, 15) is 9.18 Å². The smallest absolute Gasteiger partial charge is 0.260 e. The van der Waals surface area contributed by atoms with Gasteiger partial charge in [-0.15, -0.1) is 0 Å². The zero-order valence-corrected chi connectivity index (χ0v) is 13.0. The first kappa shape index (κ1) is 17.0. The van der Waals surface area contributed by atoms with Crippen molar-refractivity contribution in [3.05, 3.63) is 66.0 Å². The minimum atomic E-state index is -0.658. The molecule has 0 heterocycles. The van der Waals surface area contributed by atoms with Crippen LogP contribution in [0.25, 0.3) is 0 Å². The quantitative estimate of drug-likeness (QED) is 0.762. The molecule has 0 aliphatic rings. The predicted molar refractivity (Wildman–Crippen MR) is 85.6 cm³/mol. The van der Waals surface area contributed by atoms with Crippen molar-refractivity contribution in [3.8, 4) is 5.75 Å². The van der Waals surface area contributed by atoms with Gasteiger partial charge in [0.15, 0.2) is 6.10 Å². The maximum atomic E-state index is 12.8. The van der Waals surface area contributed by atoms with Crippen LogP contribution in [0.4, 0.5) is 4.39 Å². The van der Waals surface area contributed by atoms with Crippen LogP contribution in [0, 0.1) is 5.82 Å². The Balaban J connectivity index is 1.63. The van der Waals surface area contributed by atoms with E-state index in [4.69, 9.17) is 9.47 Å². The summed E-state index contributed by atoms with van der Waals surface area (Å²) in [6.07, 6.45) is -0.658. The van der Waals surface area contributed by atoms with Crippen molar-refractivity contribution in [1.29, 1.82) is 0 Å². The lowest BCUT2D eigenvalue weighted by atomic mass is 10.2. The first-order chi connectivity index (χ1) is 11.1. The van der Waals surface area contributed by atoms with Crippen molar-refractivity contribution in [2.45, 2.75) is 19.6 Å². The molecule has 0 aliphatic carbocycles.